The van der Waals surface area contributed by atoms with E-state index in [9.17, 15) is 9.90 Å². The van der Waals surface area contributed by atoms with E-state index in [1.807, 2.05) is 13.8 Å². The summed E-state index contributed by atoms with van der Waals surface area (Å²) in [4.78, 5) is 11.7. The van der Waals surface area contributed by atoms with Gasteiger partial charge in [0.05, 0.1) is 11.9 Å². The maximum atomic E-state index is 11.7. The quantitative estimate of drug-likeness (QED) is 0.820. The average molecular weight is 225 g/mol. The molecule has 0 saturated heterocycles. The van der Waals surface area contributed by atoms with E-state index in [0.29, 0.717) is 5.76 Å². The van der Waals surface area contributed by atoms with Crippen molar-refractivity contribution in [2.75, 3.05) is 6.54 Å². The molecule has 1 rings (SSSR count). The van der Waals surface area contributed by atoms with Crippen LogP contribution in [-0.2, 0) is 0 Å². The van der Waals surface area contributed by atoms with Crippen LogP contribution in [0.5, 0.6) is 0 Å². The summed E-state index contributed by atoms with van der Waals surface area (Å²) in [7, 11) is 0. The van der Waals surface area contributed by atoms with E-state index in [2.05, 4.69) is 5.32 Å². The van der Waals surface area contributed by atoms with Gasteiger partial charge in [0.1, 0.15) is 0 Å². The Hall–Kier alpha value is -1.29. The molecule has 1 aromatic heterocycles. The fraction of sp³-hybridized carbons (Fsp3) is 0.583. The number of carbonyl (C=O) groups is 1. The van der Waals surface area contributed by atoms with Gasteiger partial charge in [0, 0.05) is 12.1 Å². The first-order valence-corrected chi connectivity index (χ1v) is 5.39. The van der Waals surface area contributed by atoms with Crippen molar-refractivity contribution >= 4 is 5.91 Å². The fourth-order valence-electron chi connectivity index (χ4n) is 1.15. The topological polar surface area (TPSA) is 62.5 Å². The third-order valence-corrected chi connectivity index (χ3v) is 2.92. The molecule has 2 N–H and O–H groups in total. The number of amides is 1. The van der Waals surface area contributed by atoms with Crippen LogP contribution in [0.1, 0.15) is 36.9 Å². The van der Waals surface area contributed by atoms with Crippen LogP contribution in [0, 0.1) is 12.8 Å². The Morgan fingerprint density at radius 3 is 2.69 bits per heavy atom. The third kappa shape index (κ3) is 2.85. The average Bonchev–Trinajstić information content (AvgIpc) is 2.61. The molecule has 0 fully saturated rings. The van der Waals surface area contributed by atoms with Gasteiger partial charge in [-0.3, -0.25) is 4.79 Å². The summed E-state index contributed by atoms with van der Waals surface area (Å²) < 4.78 is 5.06. The van der Waals surface area contributed by atoms with Gasteiger partial charge in [-0.05, 0) is 25.8 Å². The highest BCUT2D eigenvalue weighted by molar-refractivity contribution is 5.92. The Kier molecular flexibility index (Phi) is 3.75. The summed E-state index contributed by atoms with van der Waals surface area (Å²) in [5.41, 5.74) is -0.113. The molecule has 1 amide bonds. The van der Waals surface area contributed by atoms with Crippen LogP contribution < -0.4 is 5.32 Å². The highest BCUT2D eigenvalue weighted by atomic mass is 16.3. The van der Waals surface area contributed by atoms with Gasteiger partial charge < -0.3 is 14.8 Å². The number of hydrogen-bond donors (Lipinski definition) is 2. The Balaban J connectivity index is 2.58. The Morgan fingerprint density at radius 2 is 2.25 bits per heavy atom. The molecule has 90 valence electrons. The third-order valence-electron chi connectivity index (χ3n) is 2.92. The first kappa shape index (κ1) is 12.8. The predicted molar refractivity (Wildman–Crippen MR) is 61.2 cm³/mol. The van der Waals surface area contributed by atoms with Crippen molar-refractivity contribution in [2.45, 2.75) is 33.3 Å². The highest BCUT2D eigenvalue weighted by Gasteiger charge is 2.26. The van der Waals surface area contributed by atoms with Gasteiger partial charge >= 0.3 is 0 Å². The summed E-state index contributed by atoms with van der Waals surface area (Å²) >= 11 is 0. The number of aryl methyl sites for hydroxylation is 1. The SMILES string of the molecule is Cc1ccoc1C(=O)NCC(C)(O)C(C)C. The van der Waals surface area contributed by atoms with Crippen molar-refractivity contribution in [1.82, 2.24) is 5.32 Å². The number of aliphatic hydroxyl groups is 1. The van der Waals surface area contributed by atoms with Crippen LogP contribution in [0.25, 0.3) is 0 Å². The van der Waals surface area contributed by atoms with Gasteiger partial charge in [0.25, 0.3) is 5.91 Å². The normalized spacial score (nSPS) is 14.9. The van der Waals surface area contributed by atoms with Gasteiger partial charge in [-0.15, -0.1) is 0 Å². The zero-order valence-electron chi connectivity index (χ0n) is 10.2. The molecule has 1 unspecified atom stereocenters. The number of nitrogens with one attached hydrogen (secondary N) is 1. The molecule has 4 nitrogen and oxygen atoms in total. The van der Waals surface area contributed by atoms with Crippen molar-refractivity contribution in [3.05, 3.63) is 23.7 Å². The Morgan fingerprint density at radius 1 is 1.62 bits per heavy atom. The van der Waals surface area contributed by atoms with Crippen LogP contribution in [-0.4, -0.2) is 23.2 Å². The molecule has 0 aliphatic rings. The summed E-state index contributed by atoms with van der Waals surface area (Å²) in [6.45, 7) is 7.53. The molecule has 0 spiro atoms. The minimum atomic E-state index is -0.907. The van der Waals surface area contributed by atoms with Gasteiger partial charge in [0.15, 0.2) is 5.76 Å². The molecule has 4 heteroatoms. The smallest absolute Gasteiger partial charge is 0.287 e. The molecule has 0 saturated carbocycles. The molecule has 0 bridgehead atoms. The molecule has 0 aromatic carbocycles. The van der Waals surface area contributed by atoms with Gasteiger partial charge in [0.2, 0.25) is 0 Å². The van der Waals surface area contributed by atoms with Crippen molar-refractivity contribution in [1.29, 1.82) is 0 Å². The molecule has 0 aliphatic carbocycles. The minimum absolute atomic E-state index is 0.0745. The summed E-state index contributed by atoms with van der Waals surface area (Å²) in [5.74, 6) is 0.0912. The van der Waals surface area contributed by atoms with Crippen LogP contribution >= 0.6 is 0 Å². The number of hydrogen-bond acceptors (Lipinski definition) is 3. The number of rotatable bonds is 4. The van der Waals surface area contributed by atoms with Crippen molar-refractivity contribution in [3.8, 4) is 0 Å². The number of carbonyl (C=O) groups excluding carboxylic acids is 1. The van der Waals surface area contributed by atoms with Crippen LogP contribution in [0.3, 0.4) is 0 Å². The monoisotopic (exact) mass is 225 g/mol. The standard InChI is InChI=1S/C12H19NO3/c1-8(2)12(4,15)7-13-11(14)10-9(3)5-6-16-10/h5-6,8,15H,7H2,1-4H3,(H,13,14). The molecule has 1 atom stereocenters. The molecule has 16 heavy (non-hydrogen) atoms. The lowest BCUT2D eigenvalue weighted by Crippen LogP contribution is -2.44. The van der Waals surface area contributed by atoms with Crippen molar-refractivity contribution < 1.29 is 14.3 Å². The summed E-state index contributed by atoms with van der Waals surface area (Å²) in [6.07, 6.45) is 1.48. The lowest BCUT2D eigenvalue weighted by atomic mass is 9.92. The van der Waals surface area contributed by atoms with E-state index in [-0.39, 0.29) is 18.4 Å². The molecule has 0 aliphatic heterocycles. The van der Waals surface area contributed by atoms with E-state index < -0.39 is 5.60 Å². The second-order valence-corrected chi connectivity index (χ2v) is 4.63. The Labute approximate surface area is 95.7 Å². The van der Waals surface area contributed by atoms with E-state index in [0.717, 1.165) is 5.56 Å². The van der Waals surface area contributed by atoms with Crippen LogP contribution in [0.15, 0.2) is 16.7 Å². The maximum Gasteiger partial charge on any atom is 0.287 e. The molecule has 1 aromatic rings. The van der Waals surface area contributed by atoms with Gasteiger partial charge in [-0.25, -0.2) is 0 Å². The lowest BCUT2D eigenvalue weighted by molar-refractivity contribution is 0.0139. The molecule has 0 radical (unpaired) electrons. The molecular weight excluding hydrogens is 206 g/mol. The number of furan rings is 1. The largest absolute Gasteiger partial charge is 0.459 e. The zero-order chi connectivity index (χ0) is 12.3. The molecule has 1 heterocycles. The fourth-order valence-corrected chi connectivity index (χ4v) is 1.15. The lowest BCUT2D eigenvalue weighted by Gasteiger charge is -2.27. The minimum Gasteiger partial charge on any atom is -0.459 e. The highest BCUT2D eigenvalue weighted by Crippen LogP contribution is 2.15. The predicted octanol–water partition coefficient (Wildman–Crippen LogP) is 1.72. The first-order chi connectivity index (χ1) is 7.34. The Bertz CT molecular complexity index is 366. The van der Waals surface area contributed by atoms with E-state index in [1.54, 1.807) is 19.9 Å². The van der Waals surface area contributed by atoms with Crippen LogP contribution in [0.2, 0.25) is 0 Å². The molecular formula is C12H19NO3. The zero-order valence-corrected chi connectivity index (χ0v) is 10.2. The van der Waals surface area contributed by atoms with Gasteiger partial charge in [-0.2, -0.15) is 0 Å². The van der Waals surface area contributed by atoms with E-state index >= 15 is 0 Å². The summed E-state index contributed by atoms with van der Waals surface area (Å²) in [6, 6.07) is 1.73. The summed E-state index contributed by atoms with van der Waals surface area (Å²) in [5, 5.41) is 12.6. The second-order valence-electron chi connectivity index (χ2n) is 4.63. The van der Waals surface area contributed by atoms with E-state index in [4.69, 9.17) is 4.42 Å². The van der Waals surface area contributed by atoms with Crippen molar-refractivity contribution in [2.24, 2.45) is 5.92 Å². The maximum absolute atomic E-state index is 11.7. The second kappa shape index (κ2) is 4.70. The van der Waals surface area contributed by atoms with Crippen molar-refractivity contribution in [3.63, 3.8) is 0 Å². The van der Waals surface area contributed by atoms with Gasteiger partial charge in [-0.1, -0.05) is 13.8 Å². The van der Waals surface area contributed by atoms with E-state index in [1.165, 1.54) is 6.26 Å². The first-order valence-electron chi connectivity index (χ1n) is 5.39. The van der Waals surface area contributed by atoms with Crippen LogP contribution in [0.4, 0.5) is 0 Å².